The van der Waals surface area contributed by atoms with Crippen molar-refractivity contribution in [2.75, 3.05) is 5.75 Å². The summed E-state index contributed by atoms with van der Waals surface area (Å²) in [6, 6.07) is 6.11. The second-order valence-corrected chi connectivity index (χ2v) is 5.96. The lowest BCUT2D eigenvalue weighted by Crippen LogP contribution is -2.24. The van der Waals surface area contributed by atoms with Gasteiger partial charge in [-0.2, -0.15) is 8.78 Å². The van der Waals surface area contributed by atoms with Crippen LogP contribution in [0.1, 0.15) is 11.4 Å². The average molecular weight is 368 g/mol. The van der Waals surface area contributed by atoms with Crippen LogP contribution in [0.2, 0.25) is 0 Å². The number of aromatic nitrogens is 3. The van der Waals surface area contributed by atoms with Crippen LogP contribution in [0.25, 0.3) is 0 Å². The molecule has 0 atom stereocenters. The third kappa shape index (κ3) is 5.86. The smallest absolute Gasteiger partial charge is 0.387 e. The number of hydrogen-bond donors (Lipinski definition) is 1. The first-order valence-corrected chi connectivity index (χ1v) is 8.42. The fraction of sp³-hybridized carbons (Fsp3) is 0.312. The number of carbonyl (C=O) groups is 1. The summed E-state index contributed by atoms with van der Waals surface area (Å²) in [4.78, 5) is 11.9. The second-order valence-electron chi connectivity index (χ2n) is 5.02. The number of nitrogens with zero attached hydrogens (tertiary/aromatic N) is 3. The SMILES string of the molecule is C=CCn1c(C)nnc1SCC(=O)NCc1ccc(OC(F)F)cc1. The van der Waals surface area contributed by atoms with E-state index in [0.717, 1.165) is 11.4 Å². The Morgan fingerprint density at radius 3 is 2.76 bits per heavy atom. The molecule has 2 rings (SSSR count). The van der Waals surface area contributed by atoms with Gasteiger partial charge in [-0.1, -0.05) is 30.0 Å². The molecule has 0 saturated carbocycles. The molecule has 0 aliphatic rings. The molecular weight excluding hydrogens is 350 g/mol. The molecule has 0 fully saturated rings. The summed E-state index contributed by atoms with van der Waals surface area (Å²) in [6.45, 7) is 3.54. The summed E-state index contributed by atoms with van der Waals surface area (Å²) < 4.78 is 30.3. The Bertz CT molecular complexity index is 719. The number of amides is 1. The molecule has 1 aromatic heterocycles. The molecule has 25 heavy (non-hydrogen) atoms. The Kier molecular flexibility index (Phi) is 6.93. The van der Waals surface area contributed by atoms with Crippen LogP contribution in [0.15, 0.2) is 42.1 Å². The van der Waals surface area contributed by atoms with Crippen LogP contribution in [-0.2, 0) is 17.9 Å². The van der Waals surface area contributed by atoms with Crippen LogP contribution in [-0.4, -0.2) is 33.0 Å². The highest BCUT2D eigenvalue weighted by Gasteiger charge is 2.11. The molecule has 0 bridgehead atoms. The summed E-state index contributed by atoms with van der Waals surface area (Å²) in [5, 5.41) is 11.4. The maximum atomic E-state index is 12.1. The summed E-state index contributed by atoms with van der Waals surface area (Å²) in [6.07, 6.45) is 1.74. The van der Waals surface area contributed by atoms with Gasteiger partial charge in [0.2, 0.25) is 5.91 Å². The maximum absolute atomic E-state index is 12.1. The van der Waals surface area contributed by atoms with Crippen molar-refractivity contribution in [1.29, 1.82) is 0 Å². The number of rotatable bonds is 9. The Labute approximate surface area is 148 Å². The molecule has 1 heterocycles. The molecule has 0 radical (unpaired) electrons. The van der Waals surface area contributed by atoms with Crippen LogP contribution >= 0.6 is 11.8 Å². The minimum Gasteiger partial charge on any atom is -0.435 e. The largest absolute Gasteiger partial charge is 0.435 e. The van der Waals surface area contributed by atoms with Crippen LogP contribution in [0.5, 0.6) is 5.75 Å². The molecule has 1 N–H and O–H groups in total. The van der Waals surface area contributed by atoms with Gasteiger partial charge >= 0.3 is 6.61 Å². The van der Waals surface area contributed by atoms with Gasteiger partial charge in [0.1, 0.15) is 11.6 Å². The van der Waals surface area contributed by atoms with Crippen molar-refractivity contribution in [1.82, 2.24) is 20.1 Å². The molecule has 134 valence electrons. The topological polar surface area (TPSA) is 69.0 Å². The molecule has 0 aliphatic carbocycles. The van der Waals surface area contributed by atoms with Crippen LogP contribution in [0.4, 0.5) is 8.78 Å². The molecule has 0 aliphatic heterocycles. The van der Waals surface area contributed by atoms with E-state index in [2.05, 4.69) is 26.8 Å². The first-order valence-electron chi connectivity index (χ1n) is 7.43. The van der Waals surface area contributed by atoms with Gasteiger partial charge in [-0.15, -0.1) is 16.8 Å². The van der Waals surface area contributed by atoms with E-state index < -0.39 is 6.61 Å². The predicted molar refractivity (Wildman–Crippen MR) is 90.6 cm³/mol. The van der Waals surface area contributed by atoms with Gasteiger partial charge in [0.05, 0.1) is 5.75 Å². The van der Waals surface area contributed by atoms with Crippen molar-refractivity contribution in [3.05, 3.63) is 48.3 Å². The Morgan fingerprint density at radius 1 is 1.40 bits per heavy atom. The van der Waals surface area contributed by atoms with Crippen LogP contribution < -0.4 is 10.1 Å². The zero-order valence-corrected chi connectivity index (χ0v) is 14.4. The molecule has 1 amide bonds. The zero-order chi connectivity index (χ0) is 18.2. The lowest BCUT2D eigenvalue weighted by Gasteiger charge is -2.08. The third-order valence-electron chi connectivity index (χ3n) is 3.18. The molecule has 2 aromatic rings. The van der Waals surface area contributed by atoms with Gasteiger partial charge in [-0.05, 0) is 24.6 Å². The van der Waals surface area contributed by atoms with Crippen molar-refractivity contribution < 1.29 is 18.3 Å². The summed E-state index contributed by atoms with van der Waals surface area (Å²) >= 11 is 1.29. The number of thioether (sulfide) groups is 1. The number of hydrogen-bond acceptors (Lipinski definition) is 5. The Balaban J connectivity index is 1.80. The summed E-state index contributed by atoms with van der Waals surface area (Å²) in [7, 11) is 0. The normalized spacial score (nSPS) is 10.7. The van der Waals surface area contributed by atoms with Crippen LogP contribution in [0.3, 0.4) is 0 Å². The third-order valence-corrected chi connectivity index (χ3v) is 4.15. The summed E-state index contributed by atoms with van der Waals surface area (Å²) in [5.41, 5.74) is 0.783. The fourth-order valence-electron chi connectivity index (χ4n) is 1.98. The van der Waals surface area contributed by atoms with Crippen molar-refractivity contribution in [2.45, 2.75) is 31.8 Å². The highest BCUT2D eigenvalue weighted by molar-refractivity contribution is 7.99. The quantitative estimate of drug-likeness (QED) is 0.544. The number of allylic oxidation sites excluding steroid dienone is 1. The fourth-order valence-corrected chi connectivity index (χ4v) is 2.80. The van der Waals surface area contributed by atoms with Crippen molar-refractivity contribution in [2.24, 2.45) is 0 Å². The number of aryl methyl sites for hydroxylation is 1. The van der Waals surface area contributed by atoms with Crippen molar-refractivity contribution in [3.63, 3.8) is 0 Å². The van der Waals surface area contributed by atoms with Crippen molar-refractivity contribution in [3.8, 4) is 5.75 Å². The lowest BCUT2D eigenvalue weighted by molar-refractivity contribution is -0.118. The minimum absolute atomic E-state index is 0.0811. The molecule has 0 spiro atoms. The lowest BCUT2D eigenvalue weighted by atomic mass is 10.2. The van der Waals surface area contributed by atoms with Gasteiger partial charge in [-0.3, -0.25) is 4.79 Å². The molecule has 0 unspecified atom stereocenters. The van der Waals surface area contributed by atoms with E-state index in [9.17, 15) is 13.6 Å². The average Bonchev–Trinajstić information content (AvgIpc) is 2.92. The number of halogens is 2. The highest BCUT2D eigenvalue weighted by atomic mass is 32.2. The van der Waals surface area contributed by atoms with Crippen molar-refractivity contribution >= 4 is 17.7 Å². The van der Waals surface area contributed by atoms with E-state index in [-0.39, 0.29) is 17.4 Å². The monoisotopic (exact) mass is 368 g/mol. The van der Waals surface area contributed by atoms with Gasteiger partial charge in [-0.25, -0.2) is 0 Å². The Hall–Kier alpha value is -2.42. The van der Waals surface area contributed by atoms with Gasteiger partial charge in [0.25, 0.3) is 0 Å². The van der Waals surface area contributed by atoms with E-state index in [0.29, 0.717) is 18.2 Å². The predicted octanol–water partition coefficient (Wildman–Crippen LogP) is 2.78. The van der Waals surface area contributed by atoms with E-state index in [4.69, 9.17) is 0 Å². The maximum Gasteiger partial charge on any atom is 0.387 e. The summed E-state index contributed by atoms with van der Waals surface area (Å²) in [5.74, 6) is 0.872. The molecular formula is C16H18F2N4O2S. The van der Waals surface area contributed by atoms with Gasteiger partial charge < -0.3 is 14.6 Å². The molecule has 6 nitrogen and oxygen atoms in total. The molecule has 9 heteroatoms. The standard InChI is InChI=1S/C16H18F2N4O2S/c1-3-8-22-11(2)20-21-16(22)25-10-14(23)19-9-12-4-6-13(7-5-12)24-15(17)18/h3-7,15H,1,8-10H2,2H3,(H,19,23). The number of alkyl halides is 2. The number of benzene rings is 1. The van der Waals surface area contributed by atoms with E-state index in [1.165, 1.54) is 23.9 Å². The number of nitrogens with one attached hydrogen (secondary N) is 1. The number of ether oxygens (including phenoxy) is 1. The molecule has 1 aromatic carbocycles. The molecule has 0 saturated heterocycles. The first-order chi connectivity index (χ1) is 12.0. The van der Waals surface area contributed by atoms with E-state index in [1.807, 2.05) is 11.5 Å². The highest BCUT2D eigenvalue weighted by Crippen LogP contribution is 2.17. The van der Waals surface area contributed by atoms with E-state index in [1.54, 1.807) is 18.2 Å². The Morgan fingerprint density at radius 2 is 2.12 bits per heavy atom. The van der Waals surface area contributed by atoms with Gasteiger partial charge in [0.15, 0.2) is 5.16 Å². The number of carbonyl (C=O) groups excluding carboxylic acids is 1. The minimum atomic E-state index is -2.85. The zero-order valence-electron chi connectivity index (χ0n) is 13.6. The van der Waals surface area contributed by atoms with E-state index >= 15 is 0 Å². The van der Waals surface area contributed by atoms with Crippen LogP contribution in [0, 0.1) is 6.92 Å². The second kappa shape index (κ2) is 9.16. The van der Waals surface area contributed by atoms with Gasteiger partial charge in [0, 0.05) is 13.1 Å². The first kappa shape index (κ1) is 18.9.